The summed E-state index contributed by atoms with van der Waals surface area (Å²) in [6.45, 7) is 31.9. The van der Waals surface area contributed by atoms with Gasteiger partial charge in [0.1, 0.15) is 0 Å². The molecule has 0 aliphatic heterocycles. The van der Waals surface area contributed by atoms with Crippen molar-refractivity contribution in [3.63, 3.8) is 0 Å². The van der Waals surface area contributed by atoms with E-state index in [0.29, 0.717) is 0 Å². The standard InChI is InChI=1S/C77H116N8O8P2/c1-48(2)68(40-86)78-32-56-20-57(33-79-69(41-87)49(3)4)25-64(24-56)94(65-26-58(34-80-70(42-88)50(5)6)21-59(27-65)35-81-71(43-89)51(7)8)76-18-17-19-77(76)95(66-28-60(36-82-72(44-90)52(9)10)22-61(29-66)37-83-73(45-91)53(11)12)67-30-62(38-84-74(46-92)54(13)14)23-63(31-67)39-85-75(47-93)55(15)16/h20-39,48-55,68-77,86-93H,17-19,40-47H2,1-16H3/t68-,69-,70-,71-,72-,73-,74-,75-,76-,77-,94?,95?/m0/s1. The maximum Gasteiger partial charge on any atom is 0.0753 e. The van der Waals surface area contributed by atoms with Gasteiger partial charge in [0.15, 0.2) is 0 Å². The highest BCUT2D eigenvalue weighted by atomic mass is 31.1. The Labute approximate surface area is 571 Å². The minimum atomic E-state index is -1.41. The molecule has 1 aliphatic rings. The zero-order valence-corrected chi connectivity index (χ0v) is 61.6. The van der Waals surface area contributed by atoms with Gasteiger partial charge in [0.25, 0.3) is 0 Å². The lowest BCUT2D eigenvalue weighted by Gasteiger charge is -2.36. The lowest BCUT2D eigenvalue weighted by Crippen LogP contribution is -2.33. The van der Waals surface area contributed by atoms with E-state index in [-0.39, 0.29) is 160 Å². The molecule has 10 atom stereocenters. The fourth-order valence-corrected chi connectivity index (χ4v) is 18.4. The Kier molecular flexibility index (Phi) is 34.4. The summed E-state index contributed by atoms with van der Waals surface area (Å²) in [4.78, 5) is 40.1. The highest BCUT2D eigenvalue weighted by molar-refractivity contribution is 7.77. The van der Waals surface area contributed by atoms with E-state index in [1.807, 2.05) is 49.7 Å². The predicted octanol–water partition coefficient (Wildman–Crippen LogP) is 9.66. The van der Waals surface area contributed by atoms with Crippen LogP contribution >= 0.6 is 15.8 Å². The van der Waals surface area contributed by atoms with E-state index < -0.39 is 15.8 Å². The van der Waals surface area contributed by atoms with Crippen LogP contribution in [0.25, 0.3) is 0 Å². The number of hydrogen-bond donors (Lipinski definition) is 8. The Bertz CT molecular complexity index is 2630. The molecule has 0 aromatic heterocycles. The molecule has 0 radical (unpaired) electrons. The molecule has 18 heteroatoms. The van der Waals surface area contributed by atoms with Crippen LogP contribution in [0.4, 0.5) is 0 Å². The summed E-state index contributed by atoms with van der Waals surface area (Å²) >= 11 is 0. The number of nitrogens with zero attached hydrogens (tertiary/aromatic N) is 8. The van der Waals surface area contributed by atoms with Crippen LogP contribution in [0.2, 0.25) is 0 Å². The molecule has 1 saturated carbocycles. The van der Waals surface area contributed by atoms with Gasteiger partial charge in [0.2, 0.25) is 0 Å². The second-order valence-corrected chi connectivity index (χ2v) is 33.3. The van der Waals surface area contributed by atoms with Crippen molar-refractivity contribution in [3.05, 3.63) is 117 Å². The summed E-state index contributed by atoms with van der Waals surface area (Å²) in [7, 11) is -2.83. The molecule has 0 heterocycles. The molecule has 0 saturated heterocycles. The van der Waals surface area contributed by atoms with Gasteiger partial charge in [-0.25, -0.2) is 0 Å². The van der Waals surface area contributed by atoms with Crippen molar-refractivity contribution in [1.29, 1.82) is 0 Å². The first-order valence-electron chi connectivity index (χ1n) is 34.6. The highest BCUT2D eigenvalue weighted by Crippen LogP contribution is 2.58. The molecule has 0 spiro atoms. The van der Waals surface area contributed by atoms with Gasteiger partial charge in [-0.1, -0.05) is 117 Å². The first-order valence-corrected chi connectivity index (χ1v) is 37.5. The molecule has 95 heavy (non-hydrogen) atoms. The van der Waals surface area contributed by atoms with Crippen molar-refractivity contribution in [2.75, 3.05) is 52.9 Å². The van der Waals surface area contributed by atoms with Crippen molar-refractivity contribution < 1.29 is 40.9 Å². The predicted molar refractivity (Wildman–Crippen MR) is 406 cm³/mol. The molecule has 5 rings (SSSR count). The average molecular weight is 1340 g/mol. The summed E-state index contributed by atoms with van der Waals surface area (Å²) in [6, 6.07) is 23.5. The number of aliphatic imine (C=N–C) groups is 8. The molecule has 1 aliphatic carbocycles. The zero-order chi connectivity index (χ0) is 70.1. The SMILES string of the molecule is CC(C)[C@H](CO)N=Cc1cc(C=N[C@@H](CO)C(C)C)cc(P(c2cc(C=N[C@@H](CO)C(C)C)cc(C=N[C@@H](CO)C(C)C)c2)[C@H]2CCC[C@@H]2P(c2cc(C=N[C@@H](CO)C(C)C)cc(C=N[C@@H](CO)C(C)C)c2)c2cc(C=N[C@@H](CO)C(C)C)cc(C=N[C@@H](CO)C(C)C)c2)c1. The fourth-order valence-electron chi connectivity index (χ4n) is 11.3. The van der Waals surface area contributed by atoms with Gasteiger partial charge in [-0.05, 0) is 226 Å². The summed E-state index contributed by atoms with van der Waals surface area (Å²) in [5.74, 6) is 0.574. The van der Waals surface area contributed by atoms with E-state index in [1.54, 1.807) is 0 Å². The van der Waals surface area contributed by atoms with Gasteiger partial charge in [-0.15, -0.1) is 0 Å². The van der Waals surface area contributed by atoms with Gasteiger partial charge < -0.3 is 40.9 Å². The molecular formula is C77H116N8O8P2. The van der Waals surface area contributed by atoms with Crippen molar-refractivity contribution in [2.24, 2.45) is 87.3 Å². The van der Waals surface area contributed by atoms with Crippen LogP contribution in [0.3, 0.4) is 0 Å². The van der Waals surface area contributed by atoms with E-state index in [1.165, 1.54) is 0 Å². The van der Waals surface area contributed by atoms with Crippen molar-refractivity contribution in [1.82, 2.24) is 0 Å². The lowest BCUT2D eigenvalue weighted by molar-refractivity contribution is 0.240. The van der Waals surface area contributed by atoms with Gasteiger partial charge in [-0.2, -0.15) is 0 Å². The highest BCUT2D eigenvalue weighted by Gasteiger charge is 2.42. The first-order chi connectivity index (χ1) is 45.3. The van der Waals surface area contributed by atoms with Crippen LogP contribution in [-0.4, -0.2) is 203 Å². The molecule has 1 fully saturated rings. The van der Waals surface area contributed by atoms with E-state index in [0.717, 1.165) is 85.0 Å². The van der Waals surface area contributed by atoms with Gasteiger partial charge in [-0.3, -0.25) is 39.9 Å². The molecule has 0 unspecified atom stereocenters. The summed E-state index contributed by atoms with van der Waals surface area (Å²) in [6.07, 6.45) is 17.6. The molecule has 0 bridgehead atoms. The van der Waals surface area contributed by atoms with Crippen LogP contribution in [0.5, 0.6) is 0 Å². The van der Waals surface area contributed by atoms with E-state index >= 15 is 0 Å². The fraction of sp³-hybridized carbons (Fsp3) is 0.584. The Morgan fingerprint density at radius 1 is 0.263 bits per heavy atom. The van der Waals surface area contributed by atoms with E-state index in [4.69, 9.17) is 39.9 Å². The Balaban J connectivity index is 2.09. The number of aliphatic hydroxyl groups excluding tert-OH is 8. The second kappa shape index (κ2) is 40.6. The Hall–Kier alpha value is -5.22. The van der Waals surface area contributed by atoms with Gasteiger partial charge in [0.05, 0.1) is 101 Å². The third-order valence-corrected chi connectivity index (χ3v) is 24.1. The minimum absolute atomic E-state index is 0.0174. The quantitative estimate of drug-likeness (QED) is 0.0158. The molecule has 16 nitrogen and oxygen atoms in total. The number of rotatable bonds is 38. The Morgan fingerprint density at radius 2 is 0.400 bits per heavy atom. The normalized spacial score (nSPS) is 18.7. The molecule has 4 aromatic carbocycles. The van der Waals surface area contributed by atoms with Crippen molar-refractivity contribution >= 4 is 86.8 Å². The smallest absolute Gasteiger partial charge is 0.0753 e. The molecule has 522 valence electrons. The average Bonchev–Trinajstić information content (AvgIpc) is 1.75. The molecule has 8 N–H and O–H groups in total. The molecule has 4 aromatic rings. The maximum atomic E-state index is 10.6. The van der Waals surface area contributed by atoms with Crippen LogP contribution in [0, 0.1) is 47.3 Å². The first kappa shape index (κ1) is 80.5. The zero-order valence-electron chi connectivity index (χ0n) is 59.8. The number of hydrogen-bond acceptors (Lipinski definition) is 16. The maximum absolute atomic E-state index is 10.6. The van der Waals surface area contributed by atoms with Crippen molar-refractivity contribution in [2.45, 2.75) is 190 Å². The molecular weight excluding hydrogens is 1230 g/mol. The van der Waals surface area contributed by atoms with Crippen LogP contribution in [0.1, 0.15) is 175 Å². The van der Waals surface area contributed by atoms with Crippen LogP contribution in [-0.2, 0) is 0 Å². The van der Waals surface area contributed by atoms with Crippen LogP contribution < -0.4 is 21.2 Å². The summed E-state index contributed by atoms with van der Waals surface area (Å²) < 4.78 is 0. The van der Waals surface area contributed by atoms with Crippen LogP contribution in [0.15, 0.2) is 113 Å². The lowest BCUT2D eigenvalue weighted by atomic mass is 10.1. The Morgan fingerprint density at radius 3 is 0.516 bits per heavy atom. The summed E-state index contributed by atoms with van der Waals surface area (Å²) in [5.41, 5.74) is 6.67. The van der Waals surface area contributed by atoms with Gasteiger partial charge in [0, 0.05) is 49.7 Å². The number of aliphatic hydroxyl groups is 8. The third-order valence-electron chi connectivity index (χ3n) is 18.0. The van der Waals surface area contributed by atoms with E-state index in [2.05, 4.69) is 184 Å². The monoisotopic (exact) mass is 1340 g/mol. The van der Waals surface area contributed by atoms with E-state index in [9.17, 15) is 40.9 Å². The molecule has 0 amide bonds. The third kappa shape index (κ3) is 24.6. The summed E-state index contributed by atoms with van der Waals surface area (Å²) in [5, 5.41) is 89.1. The largest absolute Gasteiger partial charge is 0.394 e. The topological polar surface area (TPSA) is 261 Å². The van der Waals surface area contributed by atoms with Gasteiger partial charge >= 0.3 is 0 Å². The number of benzene rings is 4. The second-order valence-electron chi connectivity index (χ2n) is 28.4. The minimum Gasteiger partial charge on any atom is -0.394 e. The van der Waals surface area contributed by atoms with Crippen molar-refractivity contribution in [3.8, 4) is 0 Å².